The smallest absolute Gasteiger partial charge is 0.144 e. The first kappa shape index (κ1) is 19.8. The van der Waals surface area contributed by atoms with Crippen LogP contribution in [0.1, 0.15) is 50.7 Å². The van der Waals surface area contributed by atoms with Gasteiger partial charge in [-0.3, -0.25) is 9.59 Å². The molecule has 144 valence electrons. The minimum atomic E-state index is -0.681. The Labute approximate surface area is 166 Å². The van der Waals surface area contributed by atoms with Crippen molar-refractivity contribution >= 4 is 22.3 Å². The van der Waals surface area contributed by atoms with E-state index in [-0.39, 0.29) is 11.6 Å². The van der Waals surface area contributed by atoms with E-state index in [9.17, 15) is 9.59 Å². The number of fused-ring (bicyclic) bond motifs is 1. The standard InChI is InChI=1S/C25H26O3/c1-15(2)23-14-21(10-11-24(23)28-5)19-6-7-20-13-22(9-8-18(20)12-19)25(16(3)26)17(4)27/h6-15,25H,1-5H3. The number of benzene rings is 3. The van der Waals surface area contributed by atoms with Crippen molar-refractivity contribution in [3.63, 3.8) is 0 Å². The number of methoxy groups -OCH3 is 1. The first-order valence-corrected chi connectivity index (χ1v) is 9.54. The van der Waals surface area contributed by atoms with Crippen LogP contribution in [0.3, 0.4) is 0 Å². The van der Waals surface area contributed by atoms with Crippen LogP contribution in [0.2, 0.25) is 0 Å². The highest BCUT2D eigenvalue weighted by Crippen LogP contribution is 2.33. The summed E-state index contributed by atoms with van der Waals surface area (Å²) in [6, 6.07) is 18.3. The lowest BCUT2D eigenvalue weighted by Gasteiger charge is -2.15. The molecule has 0 saturated heterocycles. The fraction of sp³-hybridized carbons (Fsp3) is 0.280. The molecule has 0 aliphatic rings. The Bertz CT molecular complexity index is 1030. The zero-order valence-corrected chi connectivity index (χ0v) is 17.1. The molecular weight excluding hydrogens is 348 g/mol. The Balaban J connectivity index is 2.04. The lowest BCUT2D eigenvalue weighted by atomic mass is 9.89. The van der Waals surface area contributed by atoms with Crippen LogP contribution >= 0.6 is 0 Å². The average Bonchev–Trinajstić information content (AvgIpc) is 2.66. The Morgan fingerprint density at radius 1 is 0.786 bits per heavy atom. The summed E-state index contributed by atoms with van der Waals surface area (Å²) in [4.78, 5) is 23.7. The van der Waals surface area contributed by atoms with Crippen molar-refractivity contribution < 1.29 is 14.3 Å². The van der Waals surface area contributed by atoms with Crippen molar-refractivity contribution in [3.05, 3.63) is 65.7 Å². The van der Waals surface area contributed by atoms with Gasteiger partial charge in [0.2, 0.25) is 0 Å². The van der Waals surface area contributed by atoms with E-state index >= 15 is 0 Å². The molecular formula is C25H26O3. The fourth-order valence-electron chi connectivity index (χ4n) is 3.74. The van der Waals surface area contributed by atoms with E-state index in [0.29, 0.717) is 5.92 Å². The number of Topliss-reactive ketones (excluding diaryl/α,β-unsaturated/α-hetero) is 2. The molecule has 0 radical (unpaired) electrons. The molecule has 0 heterocycles. The van der Waals surface area contributed by atoms with Crippen molar-refractivity contribution in [2.45, 2.75) is 39.5 Å². The zero-order valence-electron chi connectivity index (χ0n) is 17.1. The lowest BCUT2D eigenvalue weighted by molar-refractivity contribution is -0.126. The van der Waals surface area contributed by atoms with Crippen LogP contribution in [0, 0.1) is 0 Å². The third-order valence-electron chi connectivity index (χ3n) is 5.20. The van der Waals surface area contributed by atoms with E-state index in [2.05, 4.69) is 38.1 Å². The number of hydrogen-bond acceptors (Lipinski definition) is 3. The van der Waals surface area contributed by atoms with Crippen LogP contribution in [-0.4, -0.2) is 18.7 Å². The maximum Gasteiger partial charge on any atom is 0.144 e. The van der Waals surface area contributed by atoms with Crippen molar-refractivity contribution in [1.82, 2.24) is 0 Å². The lowest BCUT2D eigenvalue weighted by Crippen LogP contribution is -2.16. The number of rotatable bonds is 6. The van der Waals surface area contributed by atoms with Crippen LogP contribution < -0.4 is 4.74 Å². The summed E-state index contributed by atoms with van der Waals surface area (Å²) in [6.07, 6.45) is 0. The Kier molecular flexibility index (Phi) is 5.64. The van der Waals surface area contributed by atoms with Gasteiger partial charge in [-0.05, 0) is 77.1 Å². The van der Waals surface area contributed by atoms with Gasteiger partial charge in [0.15, 0.2) is 0 Å². The number of hydrogen-bond donors (Lipinski definition) is 0. The third-order valence-corrected chi connectivity index (χ3v) is 5.20. The first-order valence-electron chi connectivity index (χ1n) is 9.54. The van der Waals surface area contributed by atoms with Crippen LogP contribution in [0.25, 0.3) is 21.9 Å². The largest absolute Gasteiger partial charge is 0.496 e. The number of carbonyl (C=O) groups excluding carboxylic acids is 2. The molecule has 0 spiro atoms. The molecule has 0 amide bonds. The number of ketones is 2. The molecule has 3 nitrogen and oxygen atoms in total. The van der Waals surface area contributed by atoms with E-state index in [4.69, 9.17) is 4.74 Å². The van der Waals surface area contributed by atoms with Crippen molar-refractivity contribution in [3.8, 4) is 16.9 Å². The van der Waals surface area contributed by atoms with Gasteiger partial charge in [0.25, 0.3) is 0 Å². The molecule has 3 aromatic rings. The summed E-state index contributed by atoms with van der Waals surface area (Å²) in [5.41, 5.74) is 4.20. The molecule has 3 heteroatoms. The van der Waals surface area contributed by atoms with Gasteiger partial charge >= 0.3 is 0 Å². The van der Waals surface area contributed by atoms with Crippen LogP contribution in [-0.2, 0) is 9.59 Å². The highest BCUT2D eigenvalue weighted by Gasteiger charge is 2.21. The molecule has 0 aliphatic heterocycles. The molecule has 0 atom stereocenters. The van der Waals surface area contributed by atoms with E-state index in [1.54, 1.807) is 7.11 Å². The topological polar surface area (TPSA) is 43.4 Å². The van der Waals surface area contributed by atoms with E-state index in [1.165, 1.54) is 19.4 Å². The van der Waals surface area contributed by atoms with Crippen molar-refractivity contribution in [2.24, 2.45) is 0 Å². The molecule has 0 bridgehead atoms. The predicted octanol–water partition coefficient (Wildman–Crippen LogP) is 5.90. The van der Waals surface area contributed by atoms with E-state index in [0.717, 1.165) is 33.2 Å². The third kappa shape index (κ3) is 3.84. The summed E-state index contributed by atoms with van der Waals surface area (Å²) in [6.45, 7) is 7.25. The van der Waals surface area contributed by atoms with Crippen LogP contribution in [0.4, 0.5) is 0 Å². The zero-order chi connectivity index (χ0) is 20.4. The Hall–Kier alpha value is -2.94. The fourth-order valence-corrected chi connectivity index (χ4v) is 3.74. The summed E-state index contributed by atoms with van der Waals surface area (Å²) >= 11 is 0. The number of ether oxygens (including phenoxy) is 1. The average molecular weight is 374 g/mol. The van der Waals surface area contributed by atoms with E-state index in [1.807, 2.05) is 30.3 Å². The summed E-state index contributed by atoms with van der Waals surface area (Å²) in [5, 5.41) is 2.10. The van der Waals surface area contributed by atoms with Gasteiger partial charge in [-0.2, -0.15) is 0 Å². The van der Waals surface area contributed by atoms with Gasteiger partial charge in [-0.25, -0.2) is 0 Å². The molecule has 3 rings (SSSR count). The van der Waals surface area contributed by atoms with Gasteiger partial charge in [-0.15, -0.1) is 0 Å². The van der Waals surface area contributed by atoms with E-state index < -0.39 is 5.92 Å². The Morgan fingerprint density at radius 3 is 1.96 bits per heavy atom. The quantitative estimate of drug-likeness (QED) is 0.505. The molecule has 0 saturated carbocycles. The molecule has 0 aliphatic carbocycles. The maximum atomic E-state index is 11.9. The monoisotopic (exact) mass is 374 g/mol. The van der Waals surface area contributed by atoms with Gasteiger partial charge in [-0.1, -0.05) is 44.2 Å². The molecule has 28 heavy (non-hydrogen) atoms. The SMILES string of the molecule is COc1ccc(-c2ccc3cc(C(C(C)=O)C(C)=O)ccc3c2)cc1C(C)C. The molecule has 0 aromatic heterocycles. The molecule has 0 fully saturated rings. The highest BCUT2D eigenvalue weighted by atomic mass is 16.5. The maximum absolute atomic E-state index is 11.9. The summed E-state index contributed by atoms with van der Waals surface area (Å²) < 4.78 is 5.49. The molecule has 0 unspecified atom stereocenters. The van der Waals surface area contributed by atoms with Gasteiger partial charge in [0.1, 0.15) is 23.2 Å². The summed E-state index contributed by atoms with van der Waals surface area (Å²) in [5.74, 6) is 0.349. The molecule has 3 aromatic carbocycles. The predicted molar refractivity (Wildman–Crippen MR) is 114 cm³/mol. The first-order chi connectivity index (χ1) is 13.3. The second-order valence-electron chi connectivity index (χ2n) is 7.59. The van der Waals surface area contributed by atoms with Crippen LogP contribution in [0.5, 0.6) is 5.75 Å². The van der Waals surface area contributed by atoms with Crippen molar-refractivity contribution in [2.75, 3.05) is 7.11 Å². The Morgan fingerprint density at radius 2 is 1.36 bits per heavy atom. The van der Waals surface area contributed by atoms with Gasteiger partial charge < -0.3 is 4.74 Å². The van der Waals surface area contributed by atoms with Crippen molar-refractivity contribution in [1.29, 1.82) is 0 Å². The second kappa shape index (κ2) is 7.97. The van der Waals surface area contributed by atoms with Gasteiger partial charge in [0, 0.05) is 0 Å². The number of carbonyl (C=O) groups is 2. The summed E-state index contributed by atoms with van der Waals surface area (Å²) in [7, 11) is 1.70. The minimum Gasteiger partial charge on any atom is -0.496 e. The van der Waals surface area contributed by atoms with Crippen LogP contribution in [0.15, 0.2) is 54.6 Å². The van der Waals surface area contributed by atoms with Gasteiger partial charge in [0.05, 0.1) is 7.11 Å². The minimum absolute atomic E-state index is 0.122. The normalized spacial score (nSPS) is 11.2. The second-order valence-corrected chi connectivity index (χ2v) is 7.59. The molecule has 0 N–H and O–H groups in total. The highest BCUT2D eigenvalue weighted by molar-refractivity contribution is 6.06.